The number of ether oxygens (including phenoxy) is 2. The van der Waals surface area contributed by atoms with Gasteiger partial charge < -0.3 is 9.47 Å². The summed E-state index contributed by atoms with van der Waals surface area (Å²) in [5.74, 6) is -1.94. The van der Waals surface area contributed by atoms with Crippen LogP contribution in [0.1, 0.15) is 23.7 Å². The number of benzene rings is 1. The van der Waals surface area contributed by atoms with E-state index in [4.69, 9.17) is 4.74 Å². The van der Waals surface area contributed by atoms with Crippen molar-refractivity contribution in [2.24, 2.45) is 0 Å². The monoisotopic (exact) mass is 250 g/mol. The van der Waals surface area contributed by atoms with Crippen molar-refractivity contribution in [1.29, 1.82) is 0 Å². The fourth-order valence-corrected chi connectivity index (χ4v) is 1.41. The van der Waals surface area contributed by atoms with Crippen LogP contribution in [0.15, 0.2) is 24.3 Å². The topological polar surface area (TPSA) is 69.7 Å². The van der Waals surface area contributed by atoms with Crippen LogP contribution in [0.4, 0.5) is 0 Å². The van der Waals surface area contributed by atoms with Crippen molar-refractivity contribution >= 4 is 17.5 Å². The van der Waals surface area contributed by atoms with E-state index in [0.717, 1.165) is 7.11 Å². The molecule has 0 aliphatic rings. The molecule has 0 fully saturated rings. The third kappa shape index (κ3) is 3.41. The number of Topliss-reactive ketones (excluding diaryl/α,β-unsaturated/α-hetero) is 2. The standard InChI is InChI=1S/C13H14O5/c1-3-18-12-7-5-4-6-9(12)10(14)8-11(15)13(16)17-2/h4-7H,3,8H2,1-2H3. The fraction of sp³-hybridized carbons (Fsp3) is 0.308. The zero-order valence-electron chi connectivity index (χ0n) is 10.3. The van der Waals surface area contributed by atoms with Crippen molar-refractivity contribution < 1.29 is 23.9 Å². The van der Waals surface area contributed by atoms with Crippen molar-refractivity contribution in [1.82, 2.24) is 0 Å². The maximum atomic E-state index is 11.9. The second-order valence-corrected chi connectivity index (χ2v) is 3.44. The Bertz CT molecular complexity index is 464. The minimum absolute atomic E-state index is 0.289. The van der Waals surface area contributed by atoms with Gasteiger partial charge in [-0.15, -0.1) is 0 Å². The maximum Gasteiger partial charge on any atom is 0.374 e. The summed E-state index contributed by atoms with van der Waals surface area (Å²) in [5, 5.41) is 0. The smallest absolute Gasteiger partial charge is 0.374 e. The Labute approximate surface area is 105 Å². The summed E-state index contributed by atoms with van der Waals surface area (Å²) in [4.78, 5) is 34.1. The van der Waals surface area contributed by atoms with Crippen molar-refractivity contribution in [2.75, 3.05) is 13.7 Å². The number of esters is 1. The zero-order valence-corrected chi connectivity index (χ0v) is 10.3. The predicted octanol–water partition coefficient (Wildman–Crippen LogP) is 1.40. The van der Waals surface area contributed by atoms with Crippen LogP contribution in [0.5, 0.6) is 5.75 Å². The van der Waals surface area contributed by atoms with Crippen molar-refractivity contribution in [2.45, 2.75) is 13.3 Å². The molecule has 0 atom stereocenters. The number of carbonyl (C=O) groups excluding carboxylic acids is 3. The fourth-order valence-electron chi connectivity index (χ4n) is 1.41. The van der Waals surface area contributed by atoms with Crippen LogP contribution in [0.2, 0.25) is 0 Å². The minimum atomic E-state index is -1.02. The van der Waals surface area contributed by atoms with Gasteiger partial charge in [0.2, 0.25) is 5.78 Å². The van der Waals surface area contributed by atoms with Gasteiger partial charge >= 0.3 is 5.97 Å². The second kappa shape index (κ2) is 6.54. The van der Waals surface area contributed by atoms with Crippen LogP contribution in [0.25, 0.3) is 0 Å². The molecular weight excluding hydrogens is 236 g/mol. The highest BCUT2D eigenvalue weighted by Crippen LogP contribution is 2.19. The minimum Gasteiger partial charge on any atom is -0.493 e. The van der Waals surface area contributed by atoms with E-state index in [2.05, 4.69) is 4.74 Å². The van der Waals surface area contributed by atoms with E-state index in [-0.39, 0.29) is 5.56 Å². The lowest BCUT2D eigenvalue weighted by molar-refractivity contribution is -0.151. The van der Waals surface area contributed by atoms with E-state index < -0.39 is 24.0 Å². The molecule has 5 heteroatoms. The van der Waals surface area contributed by atoms with Crippen LogP contribution in [-0.4, -0.2) is 31.3 Å². The lowest BCUT2D eigenvalue weighted by atomic mass is 10.1. The lowest BCUT2D eigenvalue weighted by Gasteiger charge is -2.08. The second-order valence-electron chi connectivity index (χ2n) is 3.44. The molecule has 0 aliphatic heterocycles. The number of hydrogen-bond donors (Lipinski definition) is 0. The van der Waals surface area contributed by atoms with Crippen LogP contribution in [0, 0.1) is 0 Å². The van der Waals surface area contributed by atoms with Crippen molar-refractivity contribution in [3.05, 3.63) is 29.8 Å². The molecule has 0 heterocycles. The van der Waals surface area contributed by atoms with E-state index in [9.17, 15) is 14.4 Å². The molecule has 0 radical (unpaired) electrons. The molecular formula is C13H14O5. The molecule has 0 bridgehead atoms. The predicted molar refractivity (Wildman–Crippen MR) is 63.6 cm³/mol. The highest BCUT2D eigenvalue weighted by molar-refractivity contribution is 6.38. The highest BCUT2D eigenvalue weighted by atomic mass is 16.5. The summed E-state index contributed by atoms with van der Waals surface area (Å²) in [6.07, 6.45) is -0.517. The molecule has 0 N–H and O–H groups in total. The van der Waals surface area contributed by atoms with Crippen LogP contribution in [0.3, 0.4) is 0 Å². The van der Waals surface area contributed by atoms with Crippen molar-refractivity contribution in [3.63, 3.8) is 0 Å². The van der Waals surface area contributed by atoms with Gasteiger partial charge in [-0.2, -0.15) is 0 Å². The molecule has 0 aromatic heterocycles. The lowest BCUT2D eigenvalue weighted by Crippen LogP contribution is -2.19. The van der Waals surface area contributed by atoms with Gasteiger partial charge in [0, 0.05) is 0 Å². The van der Waals surface area contributed by atoms with E-state index in [1.807, 2.05) is 0 Å². The Hall–Kier alpha value is -2.17. The average molecular weight is 250 g/mol. The van der Waals surface area contributed by atoms with Crippen LogP contribution in [-0.2, 0) is 14.3 Å². The Morgan fingerprint density at radius 1 is 1.17 bits per heavy atom. The molecule has 0 spiro atoms. The molecule has 0 saturated carbocycles. The third-order valence-electron chi connectivity index (χ3n) is 2.22. The molecule has 96 valence electrons. The summed E-state index contributed by atoms with van der Waals surface area (Å²) in [5.41, 5.74) is 0.289. The Balaban J connectivity index is 2.84. The molecule has 1 rings (SSSR count). The van der Waals surface area contributed by atoms with E-state index >= 15 is 0 Å². The largest absolute Gasteiger partial charge is 0.493 e. The SMILES string of the molecule is CCOc1ccccc1C(=O)CC(=O)C(=O)OC. The summed E-state index contributed by atoms with van der Waals surface area (Å²) in [7, 11) is 1.10. The first-order valence-corrected chi connectivity index (χ1v) is 5.46. The molecule has 18 heavy (non-hydrogen) atoms. The summed E-state index contributed by atoms with van der Waals surface area (Å²) in [6.45, 7) is 2.20. The number of para-hydroxylation sites is 1. The molecule has 0 amide bonds. The quantitative estimate of drug-likeness (QED) is 0.330. The first-order valence-electron chi connectivity index (χ1n) is 5.46. The third-order valence-corrected chi connectivity index (χ3v) is 2.22. The maximum absolute atomic E-state index is 11.9. The molecule has 0 aliphatic carbocycles. The molecule has 1 aromatic carbocycles. The normalized spacial score (nSPS) is 9.67. The van der Waals surface area contributed by atoms with Crippen LogP contribution >= 0.6 is 0 Å². The summed E-state index contributed by atoms with van der Waals surface area (Å²) >= 11 is 0. The molecule has 0 saturated heterocycles. The van der Waals surface area contributed by atoms with Gasteiger partial charge in [0.1, 0.15) is 5.75 Å². The van der Waals surface area contributed by atoms with Gasteiger partial charge in [0.15, 0.2) is 5.78 Å². The van der Waals surface area contributed by atoms with Crippen LogP contribution < -0.4 is 4.74 Å². The molecule has 5 nitrogen and oxygen atoms in total. The van der Waals surface area contributed by atoms with Gasteiger partial charge in [0.05, 0.1) is 25.7 Å². The summed E-state index contributed by atoms with van der Waals surface area (Å²) in [6, 6.07) is 6.58. The van der Waals surface area contributed by atoms with Crippen molar-refractivity contribution in [3.8, 4) is 5.75 Å². The van der Waals surface area contributed by atoms with E-state index in [1.54, 1.807) is 31.2 Å². The first-order chi connectivity index (χ1) is 8.60. The number of methoxy groups -OCH3 is 1. The molecule has 0 unspecified atom stereocenters. The number of hydrogen-bond acceptors (Lipinski definition) is 5. The number of carbonyl (C=O) groups is 3. The Morgan fingerprint density at radius 2 is 1.83 bits per heavy atom. The molecule has 1 aromatic rings. The van der Waals surface area contributed by atoms with Gasteiger partial charge in [-0.1, -0.05) is 12.1 Å². The van der Waals surface area contributed by atoms with E-state index in [1.165, 1.54) is 0 Å². The zero-order chi connectivity index (χ0) is 13.5. The van der Waals surface area contributed by atoms with Gasteiger partial charge in [-0.25, -0.2) is 4.79 Å². The Kier molecular flexibility index (Phi) is 5.05. The van der Waals surface area contributed by atoms with Gasteiger partial charge in [-0.3, -0.25) is 9.59 Å². The van der Waals surface area contributed by atoms with Gasteiger partial charge in [0.25, 0.3) is 0 Å². The average Bonchev–Trinajstić information content (AvgIpc) is 2.38. The summed E-state index contributed by atoms with van der Waals surface area (Å²) < 4.78 is 9.53. The number of rotatable bonds is 6. The van der Waals surface area contributed by atoms with E-state index in [0.29, 0.717) is 12.4 Å². The number of ketones is 2. The Morgan fingerprint density at radius 3 is 2.44 bits per heavy atom. The highest BCUT2D eigenvalue weighted by Gasteiger charge is 2.21. The van der Waals surface area contributed by atoms with Gasteiger partial charge in [-0.05, 0) is 19.1 Å². The first kappa shape index (κ1) is 13.9.